The highest BCUT2D eigenvalue weighted by Gasteiger charge is 2.21. The largest absolute Gasteiger partial charge is 0.481 e. The summed E-state index contributed by atoms with van der Waals surface area (Å²) < 4.78 is 26.9. The smallest absolute Gasteiger partial charge is 0.305 e. The summed E-state index contributed by atoms with van der Waals surface area (Å²) >= 11 is 0. The summed E-state index contributed by atoms with van der Waals surface area (Å²) in [5.74, 6) is -1.06. The van der Waals surface area contributed by atoms with E-state index < -0.39 is 18.4 Å². The van der Waals surface area contributed by atoms with Gasteiger partial charge in [0.25, 0.3) is 6.43 Å². The molecule has 128 valence electrons. The minimum Gasteiger partial charge on any atom is -0.481 e. The number of hydrogen-bond acceptors (Lipinski definition) is 2. The average molecular weight is 333 g/mol. The van der Waals surface area contributed by atoms with E-state index in [1.165, 1.54) is 6.07 Å². The van der Waals surface area contributed by atoms with E-state index in [1.54, 1.807) is 13.0 Å². The van der Waals surface area contributed by atoms with Crippen LogP contribution < -0.4 is 5.73 Å². The maximum Gasteiger partial charge on any atom is 0.305 e. The van der Waals surface area contributed by atoms with Crippen molar-refractivity contribution in [1.82, 2.24) is 0 Å². The predicted octanol–water partition coefficient (Wildman–Crippen LogP) is 4.69. The second-order valence-electron chi connectivity index (χ2n) is 6.05. The molecule has 2 aromatic rings. The first-order valence-corrected chi connectivity index (χ1v) is 7.69. The molecule has 0 spiro atoms. The van der Waals surface area contributed by atoms with E-state index in [4.69, 9.17) is 10.8 Å². The molecule has 0 aliphatic rings. The third-order valence-corrected chi connectivity index (χ3v) is 4.29. The van der Waals surface area contributed by atoms with Crippen LogP contribution in [0.3, 0.4) is 0 Å². The van der Waals surface area contributed by atoms with Crippen molar-refractivity contribution in [2.45, 2.75) is 39.7 Å². The van der Waals surface area contributed by atoms with Crippen LogP contribution >= 0.6 is 0 Å². The van der Waals surface area contributed by atoms with Gasteiger partial charge < -0.3 is 10.8 Å². The highest BCUT2D eigenvalue weighted by Crippen LogP contribution is 2.36. The number of aliphatic carboxylic acids is 1. The number of aryl methyl sites for hydroxylation is 2. The molecule has 1 unspecified atom stereocenters. The van der Waals surface area contributed by atoms with E-state index in [0.29, 0.717) is 16.7 Å². The molecule has 3 nitrogen and oxygen atoms in total. The van der Waals surface area contributed by atoms with Gasteiger partial charge in [0.15, 0.2) is 0 Å². The normalized spacial score (nSPS) is 12.5. The molecule has 5 heteroatoms. The summed E-state index contributed by atoms with van der Waals surface area (Å²) in [4.78, 5) is 10.9. The summed E-state index contributed by atoms with van der Waals surface area (Å²) in [7, 11) is 0. The molecule has 24 heavy (non-hydrogen) atoms. The lowest BCUT2D eigenvalue weighted by Crippen LogP contribution is -2.17. The first kappa shape index (κ1) is 18.1. The molecule has 1 atom stereocenters. The highest BCUT2D eigenvalue weighted by molar-refractivity contribution is 5.74. The van der Waals surface area contributed by atoms with Crippen LogP contribution in [-0.2, 0) is 4.79 Å². The number of carbonyl (C=O) groups is 1. The van der Waals surface area contributed by atoms with Crippen molar-refractivity contribution in [3.8, 4) is 11.1 Å². The zero-order valence-electron chi connectivity index (χ0n) is 13.9. The second-order valence-corrected chi connectivity index (χ2v) is 6.05. The lowest BCUT2D eigenvalue weighted by molar-refractivity contribution is -0.137. The minimum absolute atomic E-state index is 0.106. The molecule has 0 heterocycles. The first-order valence-electron chi connectivity index (χ1n) is 7.69. The van der Waals surface area contributed by atoms with Gasteiger partial charge in [0.2, 0.25) is 0 Å². The summed E-state index contributed by atoms with van der Waals surface area (Å²) in [5, 5.41) is 8.96. The summed E-state index contributed by atoms with van der Waals surface area (Å²) in [5.41, 5.74) is 10.1. The SMILES string of the molecule is Cc1cccc(C)c1-c1cc(C(F)F)c(C)c(C(N)CC(=O)O)c1. The topological polar surface area (TPSA) is 63.3 Å². The molecule has 0 aromatic heterocycles. The third-order valence-electron chi connectivity index (χ3n) is 4.29. The van der Waals surface area contributed by atoms with Gasteiger partial charge in [-0.05, 0) is 66.3 Å². The lowest BCUT2D eigenvalue weighted by Gasteiger charge is -2.20. The number of nitrogens with two attached hydrogens (primary N) is 1. The molecular formula is C19H21F2NO2. The Hall–Kier alpha value is -2.27. The number of alkyl halides is 2. The van der Waals surface area contributed by atoms with E-state index in [1.807, 2.05) is 32.0 Å². The van der Waals surface area contributed by atoms with Gasteiger partial charge in [-0.1, -0.05) is 18.2 Å². The van der Waals surface area contributed by atoms with Crippen molar-refractivity contribution >= 4 is 5.97 Å². The zero-order valence-corrected chi connectivity index (χ0v) is 13.9. The van der Waals surface area contributed by atoms with E-state index in [0.717, 1.165) is 16.7 Å². The van der Waals surface area contributed by atoms with Crippen LogP contribution in [0.15, 0.2) is 30.3 Å². The summed E-state index contributed by atoms with van der Waals surface area (Å²) in [6.07, 6.45) is -2.95. The number of hydrogen-bond donors (Lipinski definition) is 2. The monoisotopic (exact) mass is 333 g/mol. The van der Waals surface area contributed by atoms with E-state index in [-0.39, 0.29) is 12.0 Å². The van der Waals surface area contributed by atoms with Gasteiger partial charge in [0.05, 0.1) is 6.42 Å². The lowest BCUT2D eigenvalue weighted by atomic mass is 9.88. The molecule has 0 aliphatic carbocycles. The van der Waals surface area contributed by atoms with Crippen molar-refractivity contribution < 1.29 is 18.7 Å². The van der Waals surface area contributed by atoms with Crippen molar-refractivity contribution in [3.63, 3.8) is 0 Å². The molecule has 2 rings (SSSR count). The molecular weight excluding hydrogens is 312 g/mol. The van der Waals surface area contributed by atoms with Crippen LogP contribution in [0.5, 0.6) is 0 Å². The van der Waals surface area contributed by atoms with Gasteiger partial charge in [-0.25, -0.2) is 8.78 Å². The Bertz CT molecular complexity index is 752. The molecule has 0 amide bonds. The fraction of sp³-hybridized carbons (Fsp3) is 0.316. The Balaban J connectivity index is 2.69. The number of halogens is 2. The van der Waals surface area contributed by atoms with Crippen LogP contribution in [0, 0.1) is 20.8 Å². The van der Waals surface area contributed by atoms with Crippen LogP contribution in [0.2, 0.25) is 0 Å². The highest BCUT2D eigenvalue weighted by atomic mass is 19.3. The maximum atomic E-state index is 13.5. The van der Waals surface area contributed by atoms with Gasteiger partial charge in [0.1, 0.15) is 0 Å². The third kappa shape index (κ3) is 3.62. The van der Waals surface area contributed by atoms with Gasteiger partial charge >= 0.3 is 5.97 Å². The molecule has 0 aliphatic heterocycles. The zero-order chi connectivity index (χ0) is 18.0. The number of carboxylic acid groups (broad SMARTS) is 1. The summed E-state index contributed by atoms with van der Waals surface area (Å²) in [6, 6.07) is 8.14. The van der Waals surface area contributed by atoms with Crippen LogP contribution in [-0.4, -0.2) is 11.1 Å². The maximum absolute atomic E-state index is 13.5. The van der Waals surface area contributed by atoms with Gasteiger partial charge in [-0.2, -0.15) is 0 Å². The standard InChI is InChI=1S/C19H21F2NO2/c1-10-5-4-6-11(2)18(10)13-7-14(16(22)9-17(23)24)12(3)15(8-13)19(20)21/h4-8,16,19H,9,22H2,1-3H3,(H,23,24). The van der Waals surface area contributed by atoms with Gasteiger partial charge in [-0.15, -0.1) is 0 Å². The number of rotatable bonds is 5. The predicted molar refractivity (Wildman–Crippen MR) is 90.2 cm³/mol. The molecule has 2 aromatic carbocycles. The van der Waals surface area contributed by atoms with Crippen molar-refractivity contribution in [2.24, 2.45) is 5.73 Å². The Morgan fingerprint density at radius 2 is 1.67 bits per heavy atom. The van der Waals surface area contributed by atoms with Crippen LogP contribution in [0.25, 0.3) is 11.1 Å². The fourth-order valence-electron chi connectivity index (χ4n) is 3.08. The van der Waals surface area contributed by atoms with E-state index >= 15 is 0 Å². The Labute approximate surface area is 140 Å². The van der Waals surface area contributed by atoms with Crippen LogP contribution in [0.4, 0.5) is 8.78 Å². The molecule has 0 radical (unpaired) electrons. The first-order chi connectivity index (χ1) is 11.2. The quantitative estimate of drug-likeness (QED) is 0.834. The minimum atomic E-state index is -2.65. The second kappa shape index (κ2) is 7.09. The Morgan fingerprint density at radius 1 is 1.12 bits per heavy atom. The van der Waals surface area contributed by atoms with E-state index in [9.17, 15) is 13.6 Å². The number of benzene rings is 2. The summed E-state index contributed by atoms with van der Waals surface area (Å²) in [6.45, 7) is 5.40. The number of carboxylic acids is 1. The van der Waals surface area contributed by atoms with Crippen molar-refractivity contribution in [2.75, 3.05) is 0 Å². The Morgan fingerprint density at radius 3 is 2.17 bits per heavy atom. The van der Waals surface area contributed by atoms with Gasteiger partial charge in [-0.3, -0.25) is 4.79 Å². The molecule has 0 bridgehead atoms. The van der Waals surface area contributed by atoms with E-state index in [2.05, 4.69) is 0 Å². The fourth-order valence-corrected chi connectivity index (χ4v) is 3.08. The van der Waals surface area contributed by atoms with Crippen molar-refractivity contribution in [1.29, 1.82) is 0 Å². The average Bonchev–Trinajstić information content (AvgIpc) is 2.47. The van der Waals surface area contributed by atoms with Gasteiger partial charge in [0, 0.05) is 11.6 Å². The molecule has 3 N–H and O–H groups in total. The Kier molecular flexibility index (Phi) is 5.34. The van der Waals surface area contributed by atoms with Crippen LogP contribution in [0.1, 0.15) is 46.7 Å². The van der Waals surface area contributed by atoms with Crippen molar-refractivity contribution in [3.05, 3.63) is 58.1 Å². The molecule has 0 saturated heterocycles. The molecule has 0 fully saturated rings. The molecule has 0 saturated carbocycles.